The Hall–Kier alpha value is -0.840. The van der Waals surface area contributed by atoms with Crippen LogP contribution in [0.15, 0.2) is 30.3 Å². The SMILES string of the molecule is COc1cc(Cl)c(C(Br)c2c(F)cccc2F)cc1Cl. The third kappa shape index (κ3) is 2.92. The van der Waals surface area contributed by atoms with Crippen LogP contribution >= 0.6 is 39.1 Å². The first kappa shape index (κ1) is 15.5. The topological polar surface area (TPSA) is 9.23 Å². The van der Waals surface area contributed by atoms with Crippen molar-refractivity contribution in [3.8, 4) is 5.75 Å². The molecule has 0 aliphatic rings. The Balaban J connectivity index is 2.54. The maximum absolute atomic E-state index is 13.8. The zero-order valence-corrected chi connectivity index (χ0v) is 13.4. The van der Waals surface area contributed by atoms with Crippen LogP contribution in [-0.2, 0) is 0 Å². The van der Waals surface area contributed by atoms with Crippen molar-refractivity contribution in [2.45, 2.75) is 4.83 Å². The maximum Gasteiger partial charge on any atom is 0.138 e. The van der Waals surface area contributed by atoms with E-state index in [-0.39, 0.29) is 5.56 Å². The number of hydrogen-bond donors (Lipinski definition) is 0. The molecule has 0 heterocycles. The standard InChI is InChI=1S/C14H9BrCl2F2O/c1-20-12-6-8(16)7(5-9(12)17)14(15)13-10(18)3-2-4-11(13)19/h2-6,14H,1H3. The number of hydrogen-bond acceptors (Lipinski definition) is 1. The van der Waals surface area contributed by atoms with Gasteiger partial charge in [-0.1, -0.05) is 45.2 Å². The van der Waals surface area contributed by atoms with Crippen molar-refractivity contribution >= 4 is 39.1 Å². The summed E-state index contributed by atoms with van der Waals surface area (Å²) in [5.74, 6) is -0.918. The second kappa shape index (κ2) is 6.29. The molecule has 2 aromatic carbocycles. The van der Waals surface area contributed by atoms with E-state index in [1.807, 2.05) is 0 Å². The molecule has 1 unspecified atom stereocenters. The molecule has 0 amide bonds. The Bertz CT molecular complexity index is 629. The fraction of sp³-hybridized carbons (Fsp3) is 0.143. The number of halogens is 5. The molecule has 0 radical (unpaired) electrons. The molecule has 0 saturated heterocycles. The van der Waals surface area contributed by atoms with E-state index in [1.54, 1.807) is 0 Å². The van der Waals surface area contributed by atoms with Crippen LogP contribution in [0.4, 0.5) is 8.78 Å². The van der Waals surface area contributed by atoms with Gasteiger partial charge in [0.2, 0.25) is 0 Å². The van der Waals surface area contributed by atoms with Crippen LogP contribution in [0.2, 0.25) is 10.0 Å². The number of ether oxygens (including phenoxy) is 1. The number of benzene rings is 2. The van der Waals surface area contributed by atoms with E-state index in [2.05, 4.69) is 15.9 Å². The van der Waals surface area contributed by atoms with Crippen LogP contribution in [0.1, 0.15) is 16.0 Å². The van der Waals surface area contributed by atoms with Crippen LogP contribution in [-0.4, -0.2) is 7.11 Å². The minimum absolute atomic E-state index is 0.115. The highest BCUT2D eigenvalue weighted by Crippen LogP contribution is 2.41. The van der Waals surface area contributed by atoms with Crippen molar-refractivity contribution in [3.05, 3.63) is 63.1 Å². The first-order valence-corrected chi connectivity index (χ1v) is 7.23. The molecule has 106 valence electrons. The van der Waals surface area contributed by atoms with Crippen molar-refractivity contribution in [2.24, 2.45) is 0 Å². The fourth-order valence-corrected chi connectivity index (χ4v) is 3.26. The largest absolute Gasteiger partial charge is 0.495 e. The molecule has 2 aromatic rings. The van der Waals surface area contributed by atoms with Gasteiger partial charge in [-0.15, -0.1) is 0 Å². The first-order chi connectivity index (χ1) is 9.45. The van der Waals surface area contributed by atoms with Gasteiger partial charge in [0, 0.05) is 16.7 Å². The number of methoxy groups -OCH3 is 1. The van der Waals surface area contributed by atoms with Gasteiger partial charge < -0.3 is 4.74 Å². The third-order valence-corrected chi connectivity index (χ3v) is 4.37. The lowest BCUT2D eigenvalue weighted by Gasteiger charge is -2.16. The molecule has 1 nitrogen and oxygen atoms in total. The maximum atomic E-state index is 13.8. The predicted molar refractivity (Wildman–Crippen MR) is 80.1 cm³/mol. The normalized spacial score (nSPS) is 12.3. The molecule has 0 aromatic heterocycles. The summed E-state index contributed by atoms with van der Waals surface area (Å²) in [5, 5.41) is 0.615. The van der Waals surface area contributed by atoms with Crippen LogP contribution in [0.3, 0.4) is 0 Å². The van der Waals surface area contributed by atoms with E-state index >= 15 is 0 Å². The van der Waals surface area contributed by atoms with Crippen molar-refractivity contribution in [2.75, 3.05) is 7.11 Å². The Labute approximate surface area is 133 Å². The molecular weight excluding hydrogens is 373 g/mol. The smallest absolute Gasteiger partial charge is 0.138 e. The predicted octanol–water partition coefficient (Wildman–Crippen LogP) is 5.76. The van der Waals surface area contributed by atoms with Crippen molar-refractivity contribution in [1.29, 1.82) is 0 Å². The molecule has 0 saturated carbocycles. The summed E-state index contributed by atoms with van der Waals surface area (Å²) in [5.41, 5.74) is 0.345. The summed E-state index contributed by atoms with van der Waals surface area (Å²) in [6, 6.07) is 6.70. The van der Waals surface area contributed by atoms with Crippen molar-refractivity contribution < 1.29 is 13.5 Å². The summed E-state index contributed by atoms with van der Waals surface area (Å²) in [4.78, 5) is -0.750. The average Bonchev–Trinajstić information content (AvgIpc) is 2.40. The Kier molecular flexibility index (Phi) is 4.89. The van der Waals surface area contributed by atoms with Gasteiger partial charge in [0.25, 0.3) is 0 Å². The van der Waals surface area contributed by atoms with Crippen molar-refractivity contribution in [1.82, 2.24) is 0 Å². The second-order valence-electron chi connectivity index (χ2n) is 4.01. The highest BCUT2D eigenvalue weighted by atomic mass is 79.9. The molecule has 0 bridgehead atoms. The Morgan fingerprint density at radius 2 is 1.70 bits per heavy atom. The Morgan fingerprint density at radius 1 is 1.10 bits per heavy atom. The van der Waals surface area contributed by atoms with E-state index in [4.69, 9.17) is 27.9 Å². The van der Waals surface area contributed by atoms with Crippen LogP contribution in [0, 0.1) is 11.6 Å². The molecule has 0 spiro atoms. The summed E-state index contributed by atoms with van der Waals surface area (Å²) >= 11 is 15.4. The summed E-state index contributed by atoms with van der Waals surface area (Å²) < 4.78 is 32.6. The van der Waals surface area contributed by atoms with E-state index in [0.717, 1.165) is 0 Å². The molecule has 1 atom stereocenters. The lowest BCUT2D eigenvalue weighted by molar-refractivity contribution is 0.415. The average molecular weight is 382 g/mol. The summed E-state index contributed by atoms with van der Waals surface area (Å²) in [6.45, 7) is 0. The van der Waals surface area contributed by atoms with Crippen molar-refractivity contribution in [3.63, 3.8) is 0 Å². The molecule has 0 fully saturated rings. The minimum Gasteiger partial charge on any atom is -0.495 e. The van der Waals surface area contributed by atoms with Gasteiger partial charge in [-0.3, -0.25) is 0 Å². The molecule has 0 N–H and O–H groups in total. The molecule has 0 aliphatic carbocycles. The van der Waals surface area contributed by atoms with Gasteiger partial charge in [-0.25, -0.2) is 8.78 Å². The van der Waals surface area contributed by atoms with Gasteiger partial charge in [0.15, 0.2) is 0 Å². The monoisotopic (exact) mass is 380 g/mol. The van der Waals surface area contributed by atoms with E-state index in [9.17, 15) is 8.78 Å². The van der Waals surface area contributed by atoms with E-state index < -0.39 is 16.5 Å². The number of alkyl halides is 1. The van der Waals surface area contributed by atoms with E-state index in [1.165, 1.54) is 37.4 Å². The molecular formula is C14H9BrCl2F2O. The van der Waals surface area contributed by atoms with Gasteiger partial charge in [0.1, 0.15) is 17.4 Å². The van der Waals surface area contributed by atoms with Gasteiger partial charge in [0.05, 0.1) is 17.0 Å². The lowest BCUT2D eigenvalue weighted by atomic mass is 10.0. The highest BCUT2D eigenvalue weighted by Gasteiger charge is 2.22. The van der Waals surface area contributed by atoms with Gasteiger partial charge in [-0.2, -0.15) is 0 Å². The first-order valence-electron chi connectivity index (χ1n) is 5.56. The highest BCUT2D eigenvalue weighted by molar-refractivity contribution is 9.09. The molecule has 20 heavy (non-hydrogen) atoms. The lowest BCUT2D eigenvalue weighted by Crippen LogP contribution is -2.01. The van der Waals surface area contributed by atoms with E-state index in [0.29, 0.717) is 21.4 Å². The third-order valence-electron chi connectivity index (χ3n) is 2.80. The van der Waals surface area contributed by atoms with Crippen LogP contribution < -0.4 is 4.74 Å². The molecule has 0 aliphatic heterocycles. The minimum atomic E-state index is -0.750. The zero-order chi connectivity index (χ0) is 14.9. The molecule has 6 heteroatoms. The fourth-order valence-electron chi connectivity index (χ4n) is 1.80. The molecule has 2 rings (SSSR count). The Morgan fingerprint density at radius 3 is 2.25 bits per heavy atom. The quantitative estimate of drug-likeness (QED) is 0.613. The summed E-state index contributed by atoms with van der Waals surface area (Å²) in [7, 11) is 1.46. The second-order valence-corrected chi connectivity index (χ2v) is 5.74. The van der Waals surface area contributed by atoms with Gasteiger partial charge in [-0.05, 0) is 23.8 Å². The number of rotatable bonds is 3. The van der Waals surface area contributed by atoms with Gasteiger partial charge >= 0.3 is 0 Å². The summed E-state index contributed by atoms with van der Waals surface area (Å²) in [6.07, 6.45) is 0. The van der Waals surface area contributed by atoms with Crippen LogP contribution in [0.25, 0.3) is 0 Å². The zero-order valence-electron chi connectivity index (χ0n) is 10.3. The van der Waals surface area contributed by atoms with Crippen LogP contribution in [0.5, 0.6) is 5.75 Å².